The number of benzene rings is 1. The Morgan fingerprint density at radius 2 is 2.10 bits per heavy atom. The number of hydrogen-bond acceptors (Lipinski definition) is 2. The quantitative estimate of drug-likeness (QED) is 0.870. The Kier molecular flexibility index (Phi) is 5.49. The summed E-state index contributed by atoms with van der Waals surface area (Å²) in [5.74, 6) is -1.28. The first-order valence-electron chi connectivity index (χ1n) is 6.30. The normalized spacial score (nSPS) is 11.8. The molecule has 0 aromatic heterocycles. The summed E-state index contributed by atoms with van der Waals surface area (Å²) in [6.07, 6.45) is -0.114. The van der Waals surface area contributed by atoms with Gasteiger partial charge in [0.25, 0.3) is 0 Å². The number of amides is 2. The number of carbonyl (C=O) groups is 2. The van der Waals surface area contributed by atoms with E-state index in [4.69, 9.17) is 5.11 Å². The van der Waals surface area contributed by atoms with Gasteiger partial charge in [0.05, 0.1) is 12.5 Å². The smallest absolute Gasteiger partial charge is 0.317 e. The van der Waals surface area contributed by atoms with Gasteiger partial charge in [-0.25, -0.2) is 9.18 Å². The van der Waals surface area contributed by atoms with Crippen molar-refractivity contribution in [2.75, 3.05) is 13.6 Å². The van der Waals surface area contributed by atoms with Gasteiger partial charge in [-0.2, -0.15) is 0 Å². The highest BCUT2D eigenvalue weighted by Crippen LogP contribution is 2.16. The van der Waals surface area contributed by atoms with Crippen LogP contribution in [0.5, 0.6) is 0 Å². The SMILES string of the molecule is Cc1ccc([C@@H](C)NC(=O)N(C)CCC(=O)O)cc1F. The molecule has 2 N–H and O–H groups in total. The number of halogens is 1. The summed E-state index contributed by atoms with van der Waals surface area (Å²) >= 11 is 0. The van der Waals surface area contributed by atoms with Crippen molar-refractivity contribution in [3.63, 3.8) is 0 Å². The van der Waals surface area contributed by atoms with Gasteiger partial charge in [0.1, 0.15) is 5.82 Å². The summed E-state index contributed by atoms with van der Waals surface area (Å²) < 4.78 is 13.5. The monoisotopic (exact) mass is 282 g/mol. The molecule has 0 aliphatic carbocycles. The number of nitrogens with one attached hydrogen (secondary N) is 1. The van der Waals surface area contributed by atoms with Gasteiger partial charge in [-0.05, 0) is 31.0 Å². The molecule has 0 spiro atoms. The molecule has 0 unspecified atom stereocenters. The van der Waals surface area contributed by atoms with Gasteiger partial charge in [-0.3, -0.25) is 4.79 Å². The Balaban J connectivity index is 2.60. The number of aryl methyl sites for hydroxylation is 1. The van der Waals surface area contributed by atoms with E-state index in [9.17, 15) is 14.0 Å². The molecule has 20 heavy (non-hydrogen) atoms. The topological polar surface area (TPSA) is 69.6 Å². The van der Waals surface area contributed by atoms with E-state index in [0.29, 0.717) is 11.1 Å². The summed E-state index contributed by atoms with van der Waals surface area (Å²) in [5.41, 5.74) is 1.21. The molecular weight excluding hydrogens is 263 g/mol. The fourth-order valence-electron chi connectivity index (χ4n) is 1.62. The summed E-state index contributed by atoms with van der Waals surface area (Å²) in [4.78, 5) is 23.5. The van der Waals surface area contributed by atoms with Crippen LogP contribution in [-0.2, 0) is 4.79 Å². The third-order valence-corrected chi connectivity index (χ3v) is 3.04. The Morgan fingerprint density at radius 3 is 2.65 bits per heavy atom. The Morgan fingerprint density at radius 1 is 1.45 bits per heavy atom. The van der Waals surface area contributed by atoms with Crippen LogP contribution in [0.2, 0.25) is 0 Å². The van der Waals surface area contributed by atoms with Gasteiger partial charge in [-0.15, -0.1) is 0 Å². The molecule has 2 amide bonds. The lowest BCUT2D eigenvalue weighted by Crippen LogP contribution is -2.39. The highest BCUT2D eigenvalue weighted by molar-refractivity contribution is 5.75. The Bertz CT molecular complexity index is 505. The minimum absolute atomic E-state index is 0.114. The zero-order valence-corrected chi connectivity index (χ0v) is 11.8. The minimum atomic E-state index is -0.960. The summed E-state index contributed by atoms with van der Waals surface area (Å²) in [6, 6.07) is 4.05. The van der Waals surface area contributed by atoms with Crippen molar-refractivity contribution in [2.45, 2.75) is 26.3 Å². The van der Waals surface area contributed by atoms with E-state index in [1.165, 1.54) is 18.0 Å². The lowest BCUT2D eigenvalue weighted by Gasteiger charge is -2.21. The van der Waals surface area contributed by atoms with E-state index in [1.807, 2.05) is 0 Å². The van der Waals surface area contributed by atoms with E-state index < -0.39 is 5.97 Å². The first-order chi connectivity index (χ1) is 9.31. The summed E-state index contributed by atoms with van der Waals surface area (Å²) in [7, 11) is 1.51. The molecule has 0 radical (unpaired) electrons. The maximum absolute atomic E-state index is 13.5. The molecule has 0 bridgehead atoms. The van der Waals surface area contributed by atoms with E-state index in [1.54, 1.807) is 26.0 Å². The number of carboxylic acid groups (broad SMARTS) is 1. The number of carbonyl (C=O) groups excluding carboxylic acids is 1. The highest BCUT2D eigenvalue weighted by atomic mass is 19.1. The molecule has 1 aromatic rings. The van der Waals surface area contributed by atoms with Crippen LogP contribution in [-0.4, -0.2) is 35.6 Å². The summed E-state index contributed by atoms with van der Waals surface area (Å²) in [6.45, 7) is 3.53. The fourth-order valence-corrected chi connectivity index (χ4v) is 1.62. The van der Waals surface area contributed by atoms with E-state index >= 15 is 0 Å². The molecule has 0 fully saturated rings. The molecular formula is C14H19FN2O3. The van der Waals surface area contributed by atoms with Crippen molar-refractivity contribution in [1.29, 1.82) is 0 Å². The van der Waals surface area contributed by atoms with Crippen molar-refractivity contribution in [3.05, 3.63) is 35.1 Å². The number of rotatable bonds is 5. The third-order valence-electron chi connectivity index (χ3n) is 3.04. The number of carboxylic acids is 1. The van der Waals surface area contributed by atoms with Gasteiger partial charge in [0.15, 0.2) is 0 Å². The Hall–Kier alpha value is -2.11. The second-order valence-corrected chi connectivity index (χ2v) is 4.75. The molecule has 0 saturated carbocycles. The van der Waals surface area contributed by atoms with Crippen molar-refractivity contribution in [3.8, 4) is 0 Å². The molecule has 6 heteroatoms. The standard InChI is InChI=1S/C14H19FN2O3/c1-9-4-5-11(8-12(9)15)10(2)16-14(20)17(3)7-6-13(18)19/h4-5,8,10H,6-7H2,1-3H3,(H,16,20)(H,18,19)/t10-/m1/s1. The zero-order valence-electron chi connectivity index (χ0n) is 11.8. The van der Waals surface area contributed by atoms with E-state index in [2.05, 4.69) is 5.32 Å². The first-order valence-corrected chi connectivity index (χ1v) is 6.30. The average Bonchev–Trinajstić information content (AvgIpc) is 2.38. The molecule has 0 saturated heterocycles. The van der Waals surface area contributed by atoms with E-state index in [-0.39, 0.29) is 30.9 Å². The van der Waals surface area contributed by atoms with Crippen LogP contribution in [0, 0.1) is 12.7 Å². The van der Waals surface area contributed by atoms with Crippen LogP contribution in [0.15, 0.2) is 18.2 Å². The lowest BCUT2D eigenvalue weighted by molar-refractivity contribution is -0.137. The second kappa shape index (κ2) is 6.88. The second-order valence-electron chi connectivity index (χ2n) is 4.75. The molecule has 1 atom stereocenters. The van der Waals surface area contributed by atoms with Gasteiger partial charge in [0.2, 0.25) is 0 Å². The predicted octanol–water partition coefficient (Wildman–Crippen LogP) is 2.31. The van der Waals surface area contributed by atoms with Gasteiger partial charge >= 0.3 is 12.0 Å². The van der Waals surface area contributed by atoms with Gasteiger partial charge in [-0.1, -0.05) is 12.1 Å². The van der Waals surface area contributed by atoms with Gasteiger partial charge in [0, 0.05) is 13.6 Å². The molecule has 0 aliphatic heterocycles. The minimum Gasteiger partial charge on any atom is -0.481 e. The largest absolute Gasteiger partial charge is 0.481 e. The maximum atomic E-state index is 13.5. The maximum Gasteiger partial charge on any atom is 0.317 e. The van der Waals surface area contributed by atoms with Crippen molar-refractivity contribution in [2.24, 2.45) is 0 Å². The first kappa shape index (κ1) is 15.9. The number of nitrogens with zero attached hydrogens (tertiary/aromatic N) is 1. The van der Waals surface area contributed by atoms with Crippen LogP contribution in [0.1, 0.15) is 30.5 Å². The highest BCUT2D eigenvalue weighted by Gasteiger charge is 2.14. The third kappa shape index (κ3) is 4.53. The number of urea groups is 1. The number of hydrogen-bond donors (Lipinski definition) is 2. The van der Waals surface area contributed by atoms with Crippen LogP contribution < -0.4 is 5.32 Å². The van der Waals surface area contributed by atoms with E-state index in [0.717, 1.165) is 0 Å². The molecule has 0 aliphatic rings. The molecule has 1 rings (SSSR count). The molecule has 110 valence electrons. The van der Waals surface area contributed by atoms with Crippen LogP contribution >= 0.6 is 0 Å². The van der Waals surface area contributed by atoms with Crippen LogP contribution in [0.4, 0.5) is 9.18 Å². The lowest BCUT2D eigenvalue weighted by atomic mass is 10.1. The molecule has 0 heterocycles. The average molecular weight is 282 g/mol. The Labute approximate surface area is 117 Å². The predicted molar refractivity (Wildman–Crippen MR) is 73.0 cm³/mol. The van der Waals surface area contributed by atoms with Crippen molar-refractivity contribution < 1.29 is 19.1 Å². The van der Waals surface area contributed by atoms with Crippen molar-refractivity contribution >= 4 is 12.0 Å². The van der Waals surface area contributed by atoms with Gasteiger partial charge < -0.3 is 15.3 Å². The molecule has 1 aromatic carbocycles. The van der Waals surface area contributed by atoms with Crippen molar-refractivity contribution in [1.82, 2.24) is 10.2 Å². The molecule has 5 nitrogen and oxygen atoms in total. The fraction of sp³-hybridized carbons (Fsp3) is 0.429. The summed E-state index contributed by atoms with van der Waals surface area (Å²) in [5, 5.41) is 11.3. The van der Waals surface area contributed by atoms with Crippen LogP contribution in [0.25, 0.3) is 0 Å². The zero-order chi connectivity index (χ0) is 15.3. The van der Waals surface area contributed by atoms with Crippen LogP contribution in [0.3, 0.4) is 0 Å². The number of aliphatic carboxylic acids is 1.